The summed E-state index contributed by atoms with van der Waals surface area (Å²) in [6, 6.07) is 15.4. The van der Waals surface area contributed by atoms with E-state index in [1.807, 2.05) is 59.4 Å². The second kappa shape index (κ2) is 9.93. The molecule has 0 aliphatic carbocycles. The van der Waals surface area contributed by atoms with Crippen LogP contribution in [0.15, 0.2) is 73.2 Å². The average Bonchev–Trinajstić information content (AvgIpc) is 3.38. The highest BCUT2D eigenvalue weighted by atomic mass is 16.5. The maximum atomic E-state index is 12.7. The first-order chi connectivity index (χ1) is 15.6. The van der Waals surface area contributed by atoms with Crippen LogP contribution < -0.4 is 15.7 Å². The molecular weight excluding hydrogens is 406 g/mol. The van der Waals surface area contributed by atoms with E-state index in [0.717, 1.165) is 43.0 Å². The lowest BCUT2D eigenvalue weighted by molar-refractivity contribution is -0.124. The van der Waals surface area contributed by atoms with Gasteiger partial charge in [-0.1, -0.05) is 18.2 Å². The Kier molecular flexibility index (Phi) is 6.62. The fourth-order valence-electron chi connectivity index (χ4n) is 3.81. The number of hydrogen-bond acceptors (Lipinski definition) is 5. The van der Waals surface area contributed by atoms with Crippen molar-refractivity contribution in [1.82, 2.24) is 20.3 Å². The average molecular weight is 431 g/mol. The van der Waals surface area contributed by atoms with Gasteiger partial charge in [0.2, 0.25) is 0 Å². The lowest BCUT2D eigenvalue weighted by Crippen LogP contribution is -2.44. The summed E-state index contributed by atoms with van der Waals surface area (Å²) >= 11 is 0. The van der Waals surface area contributed by atoms with Crippen LogP contribution in [-0.4, -0.2) is 45.7 Å². The zero-order chi connectivity index (χ0) is 22.3. The summed E-state index contributed by atoms with van der Waals surface area (Å²) in [6.45, 7) is 1.57. The Morgan fingerprint density at radius 1 is 1.03 bits per heavy atom. The molecule has 0 atom stereocenters. The molecule has 0 radical (unpaired) electrons. The molecule has 3 aromatic rings. The van der Waals surface area contributed by atoms with E-state index in [0.29, 0.717) is 5.56 Å². The minimum Gasteiger partial charge on any atom is -0.371 e. The highest BCUT2D eigenvalue weighted by Gasteiger charge is 2.22. The van der Waals surface area contributed by atoms with Gasteiger partial charge in [-0.2, -0.15) is 0 Å². The molecule has 2 amide bonds. The molecule has 164 valence electrons. The van der Waals surface area contributed by atoms with Crippen LogP contribution in [0.25, 0.3) is 11.9 Å². The summed E-state index contributed by atoms with van der Waals surface area (Å²) < 4.78 is 1.89. The number of piperidine rings is 1. The number of nitrogens with zero attached hydrogens (tertiary/aromatic N) is 3. The van der Waals surface area contributed by atoms with Crippen molar-refractivity contribution in [2.24, 2.45) is 0 Å². The molecule has 1 aliphatic rings. The lowest BCUT2D eigenvalue weighted by Gasteiger charge is -2.34. The largest absolute Gasteiger partial charge is 0.371 e. The van der Waals surface area contributed by atoms with Crippen molar-refractivity contribution in [2.45, 2.75) is 18.9 Å². The van der Waals surface area contributed by atoms with E-state index in [-0.39, 0.29) is 11.9 Å². The molecule has 1 saturated heterocycles. The third-order valence-electron chi connectivity index (χ3n) is 5.51. The van der Waals surface area contributed by atoms with E-state index in [1.165, 1.54) is 6.08 Å². The second-order valence-electron chi connectivity index (χ2n) is 7.60. The molecule has 4 rings (SSSR count). The summed E-state index contributed by atoms with van der Waals surface area (Å²) in [5.74, 6) is 0.0782. The molecule has 3 heterocycles. The first-order valence-corrected chi connectivity index (χ1v) is 10.5. The van der Waals surface area contributed by atoms with Crippen LogP contribution in [0, 0.1) is 0 Å². The first kappa shape index (κ1) is 21.3. The third-order valence-corrected chi connectivity index (χ3v) is 5.51. The van der Waals surface area contributed by atoms with Crippen molar-refractivity contribution in [3.05, 3.63) is 84.3 Å². The Morgan fingerprint density at radius 3 is 2.47 bits per heavy atom. The number of hydroxylamine groups is 1. The van der Waals surface area contributed by atoms with Crippen molar-refractivity contribution in [1.29, 1.82) is 0 Å². The Morgan fingerprint density at radius 2 is 1.78 bits per heavy atom. The lowest BCUT2D eigenvalue weighted by atomic mass is 10.0. The third kappa shape index (κ3) is 5.04. The molecule has 8 heteroatoms. The predicted octanol–water partition coefficient (Wildman–Crippen LogP) is 2.79. The maximum Gasteiger partial charge on any atom is 0.267 e. The molecule has 0 bridgehead atoms. The molecule has 1 aliphatic heterocycles. The van der Waals surface area contributed by atoms with E-state index in [1.54, 1.807) is 23.8 Å². The number of nitrogens with one attached hydrogen (secondary N) is 2. The quantitative estimate of drug-likeness (QED) is 0.317. The molecule has 32 heavy (non-hydrogen) atoms. The van der Waals surface area contributed by atoms with Gasteiger partial charge in [-0.15, -0.1) is 0 Å². The monoisotopic (exact) mass is 431 g/mol. The number of para-hydroxylation sites is 1. The fourth-order valence-corrected chi connectivity index (χ4v) is 3.81. The summed E-state index contributed by atoms with van der Waals surface area (Å²) in [4.78, 5) is 30.6. The van der Waals surface area contributed by atoms with Crippen molar-refractivity contribution in [2.75, 3.05) is 18.0 Å². The molecule has 0 saturated carbocycles. The number of anilines is 1. The number of carbonyl (C=O) groups is 2. The fraction of sp³-hybridized carbons (Fsp3) is 0.208. The Bertz CT molecular complexity index is 1090. The van der Waals surface area contributed by atoms with Crippen molar-refractivity contribution in [3.8, 4) is 5.82 Å². The highest BCUT2D eigenvalue weighted by Crippen LogP contribution is 2.25. The van der Waals surface area contributed by atoms with E-state index in [4.69, 9.17) is 5.21 Å². The number of pyridine rings is 1. The van der Waals surface area contributed by atoms with Crippen LogP contribution in [0.1, 0.15) is 28.8 Å². The smallest absolute Gasteiger partial charge is 0.267 e. The van der Waals surface area contributed by atoms with Crippen LogP contribution in [0.4, 0.5) is 5.69 Å². The standard InChI is InChI=1S/C24H25N5O3/c30-23(27-32)10-8-18-5-1-2-6-21(18)28-15-11-20(12-16-28)26-24(31)19-7-9-22(25-17-19)29-13-3-4-14-29/h1-10,13-14,17,20,32H,11-12,15-16H2,(H,26,31)(H,27,30)/b10-8+. The van der Waals surface area contributed by atoms with Crippen molar-refractivity contribution in [3.63, 3.8) is 0 Å². The van der Waals surface area contributed by atoms with Crippen molar-refractivity contribution >= 4 is 23.6 Å². The normalized spacial score (nSPS) is 14.5. The van der Waals surface area contributed by atoms with E-state index >= 15 is 0 Å². The Labute approximate surface area is 186 Å². The van der Waals surface area contributed by atoms with Gasteiger partial charge < -0.3 is 14.8 Å². The molecule has 1 fully saturated rings. The number of benzene rings is 1. The van der Waals surface area contributed by atoms with E-state index in [9.17, 15) is 9.59 Å². The number of hydrogen-bond donors (Lipinski definition) is 3. The minimum atomic E-state index is -0.572. The van der Waals surface area contributed by atoms with Gasteiger partial charge in [0, 0.05) is 49.5 Å². The number of carbonyl (C=O) groups excluding carboxylic acids is 2. The van der Waals surface area contributed by atoms with Crippen LogP contribution in [0.2, 0.25) is 0 Å². The molecule has 1 aromatic carbocycles. The molecule has 2 aromatic heterocycles. The van der Waals surface area contributed by atoms with Gasteiger partial charge in [-0.3, -0.25) is 14.8 Å². The van der Waals surface area contributed by atoms with Gasteiger partial charge >= 0.3 is 0 Å². The van der Waals surface area contributed by atoms with Gasteiger partial charge in [0.15, 0.2) is 0 Å². The van der Waals surface area contributed by atoms with E-state index in [2.05, 4.69) is 15.2 Å². The van der Waals surface area contributed by atoms with Gasteiger partial charge in [0.05, 0.1) is 5.56 Å². The number of amides is 2. The summed E-state index contributed by atoms with van der Waals surface area (Å²) in [5.41, 5.74) is 4.05. The summed E-state index contributed by atoms with van der Waals surface area (Å²) in [6.07, 6.45) is 10.0. The Balaban J connectivity index is 1.34. The van der Waals surface area contributed by atoms with Gasteiger partial charge in [-0.25, -0.2) is 10.5 Å². The molecular formula is C24H25N5O3. The van der Waals surface area contributed by atoms with Gasteiger partial charge in [0.1, 0.15) is 5.82 Å². The molecule has 0 unspecified atom stereocenters. The van der Waals surface area contributed by atoms with Gasteiger partial charge in [-0.05, 0) is 54.8 Å². The molecule has 3 N–H and O–H groups in total. The second-order valence-corrected chi connectivity index (χ2v) is 7.60. The topological polar surface area (TPSA) is 99.5 Å². The minimum absolute atomic E-state index is 0.0887. The maximum absolute atomic E-state index is 12.7. The van der Waals surface area contributed by atoms with Crippen molar-refractivity contribution < 1.29 is 14.8 Å². The highest BCUT2D eigenvalue weighted by molar-refractivity contribution is 5.94. The summed E-state index contributed by atoms with van der Waals surface area (Å²) in [5, 5.41) is 11.8. The molecule has 8 nitrogen and oxygen atoms in total. The molecule has 0 spiro atoms. The number of aromatic nitrogens is 2. The van der Waals surface area contributed by atoms with E-state index < -0.39 is 5.91 Å². The predicted molar refractivity (Wildman–Crippen MR) is 122 cm³/mol. The summed E-state index contributed by atoms with van der Waals surface area (Å²) in [7, 11) is 0. The zero-order valence-corrected chi connectivity index (χ0v) is 17.5. The first-order valence-electron chi connectivity index (χ1n) is 10.5. The zero-order valence-electron chi connectivity index (χ0n) is 17.5. The van der Waals surface area contributed by atoms with Crippen LogP contribution >= 0.6 is 0 Å². The Hall–Kier alpha value is -3.91. The van der Waals surface area contributed by atoms with Crippen LogP contribution in [0.3, 0.4) is 0 Å². The van der Waals surface area contributed by atoms with Crippen LogP contribution in [0.5, 0.6) is 0 Å². The van der Waals surface area contributed by atoms with Crippen LogP contribution in [-0.2, 0) is 4.79 Å². The number of rotatable bonds is 6. The van der Waals surface area contributed by atoms with Gasteiger partial charge in [0.25, 0.3) is 11.8 Å². The SMILES string of the molecule is O=C(/C=C/c1ccccc1N1CCC(NC(=O)c2ccc(-n3cccc3)nc2)CC1)NO.